The van der Waals surface area contributed by atoms with Crippen molar-refractivity contribution in [2.75, 3.05) is 11.9 Å². The number of rotatable bonds is 9. The maximum atomic E-state index is 15.0. The Labute approximate surface area is 212 Å². The normalized spacial score (nSPS) is 10.9. The van der Waals surface area contributed by atoms with Gasteiger partial charge in [-0.3, -0.25) is 0 Å². The summed E-state index contributed by atoms with van der Waals surface area (Å²) >= 11 is 0. The number of anilines is 1. The summed E-state index contributed by atoms with van der Waals surface area (Å²) in [6.07, 6.45) is 1.46. The number of hydrogen-bond donors (Lipinski definition) is 1. The summed E-state index contributed by atoms with van der Waals surface area (Å²) in [4.78, 5) is 17.8. The number of ether oxygens (including phenoxy) is 2. The Hall–Kier alpha value is -4.66. The Morgan fingerprint density at radius 2 is 1.65 bits per heavy atom. The van der Waals surface area contributed by atoms with Gasteiger partial charge in [0.1, 0.15) is 24.0 Å². The zero-order chi connectivity index (χ0) is 25.6. The molecule has 5 aromatic rings. The molecule has 186 valence electrons. The van der Waals surface area contributed by atoms with Crippen molar-refractivity contribution in [2.24, 2.45) is 0 Å². The zero-order valence-corrected chi connectivity index (χ0v) is 20.0. The largest absolute Gasteiger partial charge is 0.489 e. The number of fused-ring (bicyclic) bond motifs is 1. The Morgan fingerprint density at radius 3 is 2.41 bits per heavy atom. The molecule has 0 bridgehead atoms. The molecule has 5 rings (SSSR count). The maximum Gasteiger partial charge on any atom is 0.247 e. The van der Waals surface area contributed by atoms with Crippen molar-refractivity contribution in [1.29, 1.82) is 0 Å². The molecule has 7 nitrogen and oxygen atoms in total. The van der Waals surface area contributed by atoms with Gasteiger partial charge in [0.05, 0.1) is 18.5 Å². The first-order valence-corrected chi connectivity index (χ1v) is 11.7. The molecule has 0 spiro atoms. The van der Waals surface area contributed by atoms with Crippen molar-refractivity contribution in [3.8, 4) is 22.9 Å². The lowest BCUT2D eigenvalue weighted by molar-refractivity contribution is 0.304. The molecule has 3 aromatic carbocycles. The number of benzene rings is 3. The number of halogens is 2. The Balaban J connectivity index is 1.38. The van der Waals surface area contributed by atoms with Crippen LogP contribution in [0.1, 0.15) is 18.1 Å². The third-order valence-corrected chi connectivity index (χ3v) is 5.48. The van der Waals surface area contributed by atoms with Crippen molar-refractivity contribution in [1.82, 2.24) is 19.9 Å². The van der Waals surface area contributed by atoms with E-state index in [1.165, 1.54) is 24.4 Å². The first kappa shape index (κ1) is 24.1. The van der Waals surface area contributed by atoms with Crippen molar-refractivity contribution in [3.05, 3.63) is 102 Å². The van der Waals surface area contributed by atoms with Gasteiger partial charge in [-0.15, -0.1) is 0 Å². The van der Waals surface area contributed by atoms with E-state index in [-0.39, 0.29) is 23.2 Å². The van der Waals surface area contributed by atoms with Crippen molar-refractivity contribution >= 4 is 17.1 Å². The molecular weight excluding hydrogens is 476 g/mol. The molecule has 37 heavy (non-hydrogen) atoms. The lowest BCUT2D eigenvalue weighted by Crippen LogP contribution is -2.07. The topological polar surface area (TPSA) is 82.0 Å². The molecule has 0 aliphatic carbocycles. The molecule has 0 aliphatic rings. The second-order valence-electron chi connectivity index (χ2n) is 8.11. The number of hydrogen-bond acceptors (Lipinski definition) is 7. The lowest BCUT2D eigenvalue weighted by atomic mass is 10.1. The summed E-state index contributed by atoms with van der Waals surface area (Å²) < 4.78 is 39.6. The van der Waals surface area contributed by atoms with E-state index in [1.807, 2.05) is 37.3 Å². The van der Waals surface area contributed by atoms with E-state index >= 15 is 4.39 Å². The summed E-state index contributed by atoms with van der Waals surface area (Å²) in [6, 6.07) is 20.4. The molecule has 0 amide bonds. The molecule has 0 atom stereocenters. The van der Waals surface area contributed by atoms with Crippen LogP contribution in [-0.2, 0) is 13.2 Å². The van der Waals surface area contributed by atoms with Crippen LogP contribution in [0.4, 0.5) is 14.7 Å². The molecule has 0 aliphatic heterocycles. The van der Waals surface area contributed by atoms with Crippen LogP contribution in [0.3, 0.4) is 0 Å². The van der Waals surface area contributed by atoms with Crippen molar-refractivity contribution < 1.29 is 18.3 Å². The SMILES string of the molecule is CCOc1nc(NCc2ccc(F)cc2)nc2ncc(-c3ccc(OCc4ccccc4)cc3F)nc12. The van der Waals surface area contributed by atoms with E-state index in [2.05, 4.69) is 25.3 Å². The monoisotopic (exact) mass is 499 g/mol. The second-order valence-corrected chi connectivity index (χ2v) is 8.11. The predicted molar refractivity (Wildman–Crippen MR) is 136 cm³/mol. The number of aromatic nitrogens is 4. The molecule has 0 unspecified atom stereocenters. The molecule has 2 aromatic heterocycles. The van der Waals surface area contributed by atoms with E-state index in [9.17, 15) is 4.39 Å². The first-order chi connectivity index (χ1) is 18.1. The van der Waals surface area contributed by atoms with Gasteiger partial charge in [0.2, 0.25) is 11.8 Å². The number of nitrogens with one attached hydrogen (secondary N) is 1. The fourth-order valence-electron chi connectivity index (χ4n) is 3.65. The fraction of sp³-hybridized carbons (Fsp3) is 0.143. The number of nitrogens with zero attached hydrogens (tertiary/aromatic N) is 4. The third kappa shape index (κ3) is 5.78. The summed E-state index contributed by atoms with van der Waals surface area (Å²) in [6.45, 7) is 2.89. The minimum Gasteiger partial charge on any atom is -0.489 e. The minimum atomic E-state index is -0.490. The Kier molecular flexibility index (Phi) is 7.12. The van der Waals surface area contributed by atoms with Gasteiger partial charge in [0, 0.05) is 18.2 Å². The van der Waals surface area contributed by atoms with Gasteiger partial charge in [-0.1, -0.05) is 42.5 Å². The van der Waals surface area contributed by atoms with Crippen LogP contribution in [0, 0.1) is 11.6 Å². The smallest absolute Gasteiger partial charge is 0.247 e. The first-order valence-electron chi connectivity index (χ1n) is 11.7. The Bertz CT molecular complexity index is 1520. The van der Waals surface area contributed by atoms with Gasteiger partial charge in [-0.25, -0.2) is 18.7 Å². The highest BCUT2D eigenvalue weighted by Gasteiger charge is 2.16. The van der Waals surface area contributed by atoms with E-state index in [0.29, 0.717) is 42.4 Å². The van der Waals surface area contributed by atoms with Gasteiger partial charge in [0.25, 0.3) is 0 Å². The van der Waals surface area contributed by atoms with E-state index in [0.717, 1.165) is 11.1 Å². The highest BCUT2D eigenvalue weighted by Crippen LogP contribution is 2.28. The van der Waals surface area contributed by atoms with E-state index in [4.69, 9.17) is 9.47 Å². The van der Waals surface area contributed by atoms with E-state index in [1.54, 1.807) is 24.3 Å². The van der Waals surface area contributed by atoms with Crippen LogP contribution in [0.15, 0.2) is 79.0 Å². The minimum absolute atomic E-state index is 0.228. The summed E-state index contributed by atoms with van der Waals surface area (Å²) in [5, 5.41) is 3.09. The highest BCUT2D eigenvalue weighted by atomic mass is 19.1. The van der Waals surface area contributed by atoms with Gasteiger partial charge < -0.3 is 14.8 Å². The Morgan fingerprint density at radius 1 is 0.838 bits per heavy atom. The standard InChI is InChI=1S/C28H23F2N5O2/c1-2-36-27-25-26(34-28(35-27)32-15-18-8-10-20(29)11-9-18)31-16-24(33-25)22-13-12-21(14-23(22)30)37-17-19-6-4-3-5-7-19/h3-14,16H,2,15,17H2,1H3,(H,31,32,34,35). The maximum absolute atomic E-state index is 15.0. The van der Waals surface area contributed by atoms with Crippen LogP contribution >= 0.6 is 0 Å². The van der Waals surface area contributed by atoms with Crippen LogP contribution in [-0.4, -0.2) is 26.5 Å². The van der Waals surface area contributed by atoms with Crippen molar-refractivity contribution in [2.45, 2.75) is 20.1 Å². The van der Waals surface area contributed by atoms with Gasteiger partial charge in [-0.05, 0) is 42.3 Å². The molecular formula is C28H23F2N5O2. The third-order valence-electron chi connectivity index (χ3n) is 5.48. The van der Waals surface area contributed by atoms with Crippen LogP contribution < -0.4 is 14.8 Å². The average Bonchev–Trinajstić information content (AvgIpc) is 2.92. The quantitative estimate of drug-likeness (QED) is 0.268. The van der Waals surface area contributed by atoms with Crippen LogP contribution in [0.5, 0.6) is 11.6 Å². The van der Waals surface area contributed by atoms with Gasteiger partial charge in [-0.2, -0.15) is 9.97 Å². The van der Waals surface area contributed by atoms with Crippen LogP contribution in [0.25, 0.3) is 22.4 Å². The highest BCUT2D eigenvalue weighted by molar-refractivity contribution is 5.79. The molecule has 9 heteroatoms. The second kappa shape index (κ2) is 10.9. The lowest BCUT2D eigenvalue weighted by Gasteiger charge is -2.11. The summed E-state index contributed by atoms with van der Waals surface area (Å²) in [7, 11) is 0. The van der Waals surface area contributed by atoms with Crippen LogP contribution in [0.2, 0.25) is 0 Å². The molecule has 0 saturated carbocycles. The summed E-state index contributed by atoms with van der Waals surface area (Å²) in [5.74, 6) is 0.131. The van der Waals surface area contributed by atoms with Crippen molar-refractivity contribution in [3.63, 3.8) is 0 Å². The van der Waals surface area contributed by atoms with Gasteiger partial charge in [0.15, 0.2) is 11.2 Å². The molecule has 0 radical (unpaired) electrons. The molecule has 0 saturated heterocycles. The molecule has 1 N–H and O–H groups in total. The van der Waals surface area contributed by atoms with E-state index < -0.39 is 5.82 Å². The van der Waals surface area contributed by atoms with Gasteiger partial charge >= 0.3 is 0 Å². The molecule has 0 fully saturated rings. The zero-order valence-electron chi connectivity index (χ0n) is 20.0. The average molecular weight is 500 g/mol. The fourth-order valence-corrected chi connectivity index (χ4v) is 3.65. The molecule has 2 heterocycles. The summed E-state index contributed by atoms with van der Waals surface area (Å²) in [5.41, 5.74) is 3.04. The predicted octanol–water partition coefficient (Wildman–Crippen LogP) is 5.95.